The van der Waals surface area contributed by atoms with Gasteiger partial charge in [-0.15, -0.1) is 0 Å². The fourth-order valence-corrected chi connectivity index (χ4v) is 3.64. The van der Waals surface area contributed by atoms with Crippen LogP contribution >= 0.6 is 11.6 Å². The number of halogens is 1. The third-order valence-electron chi connectivity index (χ3n) is 3.06. The standard InChI is InChI=1S/C15H15ClO5S/c1-19-11-8-13(20-2)15(14(9-11)21-3)22(17,18)12-6-4-10(16)5-7-12/h4-9H,1-3H3. The minimum atomic E-state index is -3.83. The Balaban J connectivity index is 2.71. The molecule has 5 nitrogen and oxygen atoms in total. The minimum Gasteiger partial charge on any atom is -0.496 e. The van der Waals surface area contributed by atoms with Gasteiger partial charge in [0.05, 0.1) is 26.2 Å². The average molecular weight is 343 g/mol. The summed E-state index contributed by atoms with van der Waals surface area (Å²) in [6, 6.07) is 8.87. The lowest BCUT2D eigenvalue weighted by Crippen LogP contribution is -2.07. The fourth-order valence-electron chi connectivity index (χ4n) is 1.97. The predicted octanol–water partition coefficient (Wildman–Crippen LogP) is 3.20. The summed E-state index contributed by atoms with van der Waals surface area (Å²) in [6.45, 7) is 0. The lowest BCUT2D eigenvalue weighted by atomic mass is 10.3. The van der Waals surface area contributed by atoms with Crippen LogP contribution in [0.3, 0.4) is 0 Å². The van der Waals surface area contributed by atoms with Crippen molar-refractivity contribution in [3.05, 3.63) is 41.4 Å². The van der Waals surface area contributed by atoms with Gasteiger partial charge in [0.25, 0.3) is 0 Å². The van der Waals surface area contributed by atoms with Gasteiger partial charge in [-0.05, 0) is 24.3 Å². The van der Waals surface area contributed by atoms with E-state index in [2.05, 4.69) is 0 Å². The molecule has 2 aromatic carbocycles. The van der Waals surface area contributed by atoms with E-state index < -0.39 is 9.84 Å². The summed E-state index contributed by atoms with van der Waals surface area (Å²) in [5.41, 5.74) is 0. The normalized spacial score (nSPS) is 11.1. The molecule has 0 aliphatic carbocycles. The molecule has 7 heteroatoms. The van der Waals surface area contributed by atoms with Gasteiger partial charge in [-0.25, -0.2) is 8.42 Å². The summed E-state index contributed by atoms with van der Waals surface area (Å²) >= 11 is 5.80. The van der Waals surface area contributed by atoms with Gasteiger partial charge in [0.1, 0.15) is 17.2 Å². The first-order chi connectivity index (χ1) is 10.4. The van der Waals surface area contributed by atoms with Crippen LogP contribution in [0.25, 0.3) is 0 Å². The average Bonchev–Trinajstić information content (AvgIpc) is 2.53. The molecule has 2 aromatic rings. The zero-order valence-corrected chi connectivity index (χ0v) is 13.9. The third kappa shape index (κ3) is 2.98. The molecule has 0 saturated heterocycles. The van der Waals surface area contributed by atoms with Crippen molar-refractivity contribution in [2.75, 3.05) is 21.3 Å². The first-order valence-corrected chi connectivity index (χ1v) is 8.10. The number of hydrogen-bond donors (Lipinski definition) is 0. The number of ether oxygens (including phenoxy) is 3. The minimum absolute atomic E-state index is 0.0550. The summed E-state index contributed by atoms with van der Waals surface area (Å²) in [5, 5.41) is 0.451. The molecule has 118 valence electrons. The molecule has 0 N–H and O–H groups in total. The largest absolute Gasteiger partial charge is 0.496 e. The highest BCUT2D eigenvalue weighted by Gasteiger charge is 2.28. The maximum absolute atomic E-state index is 12.9. The molecule has 0 atom stereocenters. The van der Waals surface area contributed by atoms with Gasteiger partial charge >= 0.3 is 0 Å². The second-order valence-corrected chi connectivity index (χ2v) is 6.64. The van der Waals surface area contributed by atoms with Gasteiger partial charge in [0.2, 0.25) is 9.84 Å². The maximum Gasteiger partial charge on any atom is 0.213 e. The number of rotatable bonds is 5. The predicted molar refractivity (Wildman–Crippen MR) is 83.0 cm³/mol. The number of hydrogen-bond acceptors (Lipinski definition) is 5. The van der Waals surface area contributed by atoms with Crippen LogP contribution in [0.15, 0.2) is 46.2 Å². The topological polar surface area (TPSA) is 61.8 Å². The van der Waals surface area contributed by atoms with E-state index in [1.54, 1.807) is 0 Å². The molecule has 0 aromatic heterocycles. The van der Waals surface area contributed by atoms with Crippen molar-refractivity contribution in [3.8, 4) is 17.2 Å². The van der Waals surface area contributed by atoms with Crippen LogP contribution in [0.2, 0.25) is 5.02 Å². The lowest BCUT2D eigenvalue weighted by molar-refractivity contribution is 0.359. The van der Waals surface area contributed by atoms with Crippen molar-refractivity contribution in [3.63, 3.8) is 0 Å². The van der Waals surface area contributed by atoms with Crippen LogP contribution in [0.5, 0.6) is 17.2 Å². The quantitative estimate of drug-likeness (QED) is 0.835. The van der Waals surface area contributed by atoms with Crippen LogP contribution < -0.4 is 14.2 Å². The first kappa shape index (κ1) is 16.5. The number of methoxy groups -OCH3 is 3. The molecule has 0 fully saturated rings. The fraction of sp³-hybridized carbons (Fsp3) is 0.200. The van der Waals surface area contributed by atoms with Gasteiger partial charge in [-0.3, -0.25) is 0 Å². The molecule has 0 spiro atoms. The van der Waals surface area contributed by atoms with Gasteiger partial charge in [0.15, 0.2) is 4.90 Å². The highest BCUT2D eigenvalue weighted by atomic mass is 35.5. The van der Waals surface area contributed by atoms with Crippen molar-refractivity contribution in [2.24, 2.45) is 0 Å². The lowest BCUT2D eigenvalue weighted by Gasteiger charge is -2.15. The number of benzene rings is 2. The zero-order valence-electron chi connectivity index (χ0n) is 12.3. The Morgan fingerprint density at radius 2 is 1.36 bits per heavy atom. The van der Waals surface area contributed by atoms with Crippen LogP contribution in [-0.2, 0) is 9.84 Å². The molecule has 0 unspecified atom stereocenters. The maximum atomic E-state index is 12.9. The third-order valence-corrected chi connectivity index (χ3v) is 5.15. The van der Waals surface area contributed by atoms with Gasteiger partial charge in [-0.2, -0.15) is 0 Å². The SMILES string of the molecule is COc1cc(OC)c(S(=O)(=O)c2ccc(Cl)cc2)c(OC)c1. The van der Waals surface area contributed by atoms with E-state index in [9.17, 15) is 8.42 Å². The molecule has 2 rings (SSSR count). The van der Waals surface area contributed by atoms with E-state index in [1.165, 1.54) is 57.7 Å². The Hall–Kier alpha value is -1.92. The van der Waals surface area contributed by atoms with E-state index >= 15 is 0 Å². The molecular formula is C15H15ClO5S. The van der Waals surface area contributed by atoms with Gasteiger partial charge in [-0.1, -0.05) is 11.6 Å². The Morgan fingerprint density at radius 1 is 0.864 bits per heavy atom. The summed E-state index contributed by atoms with van der Waals surface area (Å²) in [6.07, 6.45) is 0. The van der Waals surface area contributed by atoms with E-state index in [0.717, 1.165) is 0 Å². The Labute approximate surface area is 134 Å². The molecule has 0 saturated carbocycles. The summed E-state index contributed by atoms with van der Waals surface area (Å²) in [5.74, 6) is 0.723. The van der Waals surface area contributed by atoms with Gasteiger partial charge < -0.3 is 14.2 Å². The second-order valence-electron chi connectivity index (χ2n) is 4.32. The molecule has 0 aliphatic heterocycles. The highest BCUT2D eigenvalue weighted by Crippen LogP contribution is 2.40. The van der Waals surface area contributed by atoms with Crippen molar-refractivity contribution >= 4 is 21.4 Å². The molecule has 0 aliphatic rings. The van der Waals surface area contributed by atoms with E-state index in [0.29, 0.717) is 10.8 Å². The highest BCUT2D eigenvalue weighted by molar-refractivity contribution is 7.91. The Bertz CT molecular complexity index is 744. The van der Waals surface area contributed by atoms with Crippen LogP contribution in [-0.4, -0.2) is 29.7 Å². The van der Waals surface area contributed by atoms with Crippen LogP contribution in [0, 0.1) is 0 Å². The molecular weight excluding hydrogens is 328 g/mol. The van der Waals surface area contributed by atoms with Crippen molar-refractivity contribution in [1.29, 1.82) is 0 Å². The monoisotopic (exact) mass is 342 g/mol. The van der Waals surface area contributed by atoms with Crippen molar-refractivity contribution in [1.82, 2.24) is 0 Å². The molecule has 0 heterocycles. The van der Waals surface area contributed by atoms with Crippen molar-refractivity contribution < 1.29 is 22.6 Å². The Morgan fingerprint density at radius 3 is 1.77 bits per heavy atom. The summed E-state index contributed by atoms with van der Waals surface area (Å²) in [4.78, 5) is 0.0410. The van der Waals surface area contributed by atoms with E-state index in [1.807, 2.05) is 0 Å². The summed E-state index contributed by atoms with van der Waals surface area (Å²) in [7, 11) is 0.411. The van der Waals surface area contributed by atoms with Crippen LogP contribution in [0.1, 0.15) is 0 Å². The molecule has 0 bridgehead atoms. The van der Waals surface area contributed by atoms with E-state index in [-0.39, 0.29) is 21.3 Å². The van der Waals surface area contributed by atoms with Crippen molar-refractivity contribution in [2.45, 2.75) is 9.79 Å². The summed E-state index contributed by atoms with van der Waals surface area (Å²) < 4.78 is 41.2. The Kier molecular flexibility index (Phi) is 4.83. The molecule has 0 radical (unpaired) electrons. The first-order valence-electron chi connectivity index (χ1n) is 6.24. The number of sulfone groups is 1. The molecule has 22 heavy (non-hydrogen) atoms. The molecule has 0 amide bonds. The second kappa shape index (κ2) is 6.46. The smallest absolute Gasteiger partial charge is 0.213 e. The van der Waals surface area contributed by atoms with Crippen LogP contribution in [0.4, 0.5) is 0 Å². The van der Waals surface area contributed by atoms with Gasteiger partial charge in [0, 0.05) is 17.2 Å². The van der Waals surface area contributed by atoms with E-state index in [4.69, 9.17) is 25.8 Å². The zero-order chi connectivity index (χ0) is 16.3.